The first-order valence-electron chi connectivity index (χ1n) is 7.60. The molecule has 0 aliphatic heterocycles. The van der Waals surface area contributed by atoms with E-state index in [1.807, 2.05) is 37.3 Å². The molecule has 1 aliphatic carbocycles. The predicted octanol–water partition coefficient (Wildman–Crippen LogP) is 4.11. The molecule has 1 aliphatic rings. The smallest absolute Gasteiger partial charge is 0.237 e. The maximum absolute atomic E-state index is 11.8. The van der Waals surface area contributed by atoms with Crippen molar-refractivity contribution in [3.63, 3.8) is 0 Å². The summed E-state index contributed by atoms with van der Waals surface area (Å²) in [7, 11) is -3.78. The second kappa shape index (κ2) is 6.24. The molecule has 24 heavy (non-hydrogen) atoms. The Balaban J connectivity index is 2.20. The molecule has 0 amide bonds. The molecule has 2 N–H and O–H groups in total. The van der Waals surface area contributed by atoms with Gasteiger partial charge in [0.2, 0.25) is 10.0 Å². The summed E-state index contributed by atoms with van der Waals surface area (Å²) < 4.78 is 29.3. The fourth-order valence-corrected chi connectivity index (χ4v) is 3.96. The van der Waals surface area contributed by atoms with E-state index in [2.05, 4.69) is 0 Å². The summed E-state index contributed by atoms with van der Waals surface area (Å²) in [6.07, 6.45) is 7.50. The van der Waals surface area contributed by atoms with Crippen molar-refractivity contribution in [2.45, 2.75) is 24.7 Å². The van der Waals surface area contributed by atoms with Crippen LogP contribution in [-0.2, 0) is 15.4 Å². The standard InChI is InChI=1S/C18H18ClNO3S/c1-2-18(17-4-3-11-23-17)10-9-15(24(20,21)22)12-16(18)13-5-7-14(19)8-6-13/h3-12,16H,2H2,1H3,(H2,20,21,22). The van der Waals surface area contributed by atoms with E-state index < -0.39 is 15.4 Å². The van der Waals surface area contributed by atoms with Gasteiger partial charge < -0.3 is 4.42 Å². The van der Waals surface area contributed by atoms with Crippen LogP contribution >= 0.6 is 11.6 Å². The summed E-state index contributed by atoms with van der Waals surface area (Å²) in [6.45, 7) is 2.05. The van der Waals surface area contributed by atoms with E-state index in [9.17, 15) is 8.42 Å². The number of furan rings is 1. The molecule has 0 radical (unpaired) electrons. The average molecular weight is 364 g/mol. The number of halogens is 1. The zero-order valence-electron chi connectivity index (χ0n) is 13.1. The van der Waals surface area contributed by atoms with E-state index in [1.54, 1.807) is 30.5 Å². The van der Waals surface area contributed by atoms with Crippen LogP contribution in [-0.4, -0.2) is 8.42 Å². The van der Waals surface area contributed by atoms with Gasteiger partial charge in [-0.1, -0.05) is 42.8 Å². The molecule has 0 bridgehead atoms. The quantitative estimate of drug-likeness (QED) is 0.888. The number of rotatable bonds is 4. The van der Waals surface area contributed by atoms with Crippen LogP contribution in [0.3, 0.4) is 0 Å². The van der Waals surface area contributed by atoms with E-state index in [0.29, 0.717) is 5.02 Å². The minimum atomic E-state index is -3.78. The molecule has 2 unspecified atom stereocenters. The summed E-state index contributed by atoms with van der Waals surface area (Å²) in [5.41, 5.74) is 0.467. The number of allylic oxidation sites excluding steroid dienone is 3. The van der Waals surface area contributed by atoms with Crippen molar-refractivity contribution >= 4 is 21.6 Å². The zero-order valence-corrected chi connectivity index (χ0v) is 14.7. The lowest BCUT2D eigenvalue weighted by Crippen LogP contribution is -2.33. The van der Waals surface area contributed by atoms with Crippen LogP contribution < -0.4 is 5.14 Å². The molecule has 126 valence electrons. The molecule has 6 heteroatoms. The van der Waals surface area contributed by atoms with Gasteiger partial charge in [0.1, 0.15) is 5.76 Å². The first-order valence-corrected chi connectivity index (χ1v) is 9.52. The van der Waals surface area contributed by atoms with Gasteiger partial charge in [-0.3, -0.25) is 0 Å². The molecular formula is C18H18ClNO3S. The lowest BCUT2D eigenvalue weighted by Gasteiger charge is -2.37. The second-order valence-corrected chi connectivity index (χ2v) is 7.85. The van der Waals surface area contributed by atoms with Crippen LogP contribution in [0.15, 0.2) is 70.2 Å². The summed E-state index contributed by atoms with van der Waals surface area (Å²) in [6, 6.07) is 11.1. The molecule has 1 heterocycles. The minimum Gasteiger partial charge on any atom is -0.468 e. The highest BCUT2D eigenvalue weighted by atomic mass is 35.5. The van der Waals surface area contributed by atoms with Crippen molar-refractivity contribution in [2.75, 3.05) is 0 Å². The van der Waals surface area contributed by atoms with Crippen LogP contribution in [0.2, 0.25) is 5.02 Å². The second-order valence-electron chi connectivity index (χ2n) is 5.85. The largest absolute Gasteiger partial charge is 0.468 e. The first-order chi connectivity index (χ1) is 11.4. The van der Waals surface area contributed by atoms with Gasteiger partial charge in [-0.2, -0.15) is 0 Å². The van der Waals surface area contributed by atoms with Gasteiger partial charge in [0.05, 0.1) is 16.6 Å². The molecule has 1 aromatic heterocycles. The van der Waals surface area contributed by atoms with Crippen LogP contribution in [0.4, 0.5) is 0 Å². The lowest BCUT2D eigenvalue weighted by atomic mass is 9.66. The highest BCUT2D eigenvalue weighted by Crippen LogP contribution is 2.47. The Morgan fingerprint density at radius 3 is 2.50 bits per heavy atom. The Labute approximate surface area is 146 Å². The van der Waals surface area contributed by atoms with E-state index in [4.69, 9.17) is 21.2 Å². The summed E-state index contributed by atoms with van der Waals surface area (Å²) in [5.74, 6) is 0.551. The molecule has 0 fully saturated rings. The van der Waals surface area contributed by atoms with Crippen LogP contribution in [0.25, 0.3) is 0 Å². The molecule has 0 saturated carbocycles. The van der Waals surface area contributed by atoms with Crippen LogP contribution in [0.5, 0.6) is 0 Å². The molecule has 1 aromatic carbocycles. The Bertz CT molecular complexity index is 883. The van der Waals surface area contributed by atoms with Gasteiger partial charge in [0, 0.05) is 10.9 Å². The van der Waals surface area contributed by atoms with E-state index in [-0.39, 0.29) is 10.8 Å². The zero-order chi connectivity index (χ0) is 17.4. The average Bonchev–Trinajstić information content (AvgIpc) is 3.09. The fraction of sp³-hybridized carbons (Fsp3) is 0.222. The topological polar surface area (TPSA) is 73.3 Å². The van der Waals surface area contributed by atoms with Gasteiger partial charge >= 0.3 is 0 Å². The van der Waals surface area contributed by atoms with Gasteiger partial charge in [-0.15, -0.1) is 0 Å². The maximum atomic E-state index is 11.8. The Morgan fingerprint density at radius 2 is 1.96 bits per heavy atom. The minimum absolute atomic E-state index is 0.109. The summed E-state index contributed by atoms with van der Waals surface area (Å²) >= 11 is 5.99. The van der Waals surface area contributed by atoms with Crippen molar-refractivity contribution in [3.05, 3.63) is 82.1 Å². The highest BCUT2D eigenvalue weighted by molar-refractivity contribution is 7.93. The Kier molecular flexibility index (Phi) is 4.42. The summed E-state index contributed by atoms with van der Waals surface area (Å²) in [5, 5.41) is 5.96. The van der Waals surface area contributed by atoms with Crippen molar-refractivity contribution in [2.24, 2.45) is 5.14 Å². The molecule has 0 saturated heterocycles. The van der Waals surface area contributed by atoms with Crippen LogP contribution in [0, 0.1) is 0 Å². The van der Waals surface area contributed by atoms with Gasteiger partial charge in [-0.05, 0) is 42.3 Å². The van der Waals surface area contributed by atoms with E-state index in [1.165, 1.54) is 0 Å². The summed E-state index contributed by atoms with van der Waals surface area (Å²) in [4.78, 5) is 0.109. The predicted molar refractivity (Wildman–Crippen MR) is 95.2 cm³/mol. The van der Waals surface area contributed by atoms with Crippen molar-refractivity contribution in [3.8, 4) is 0 Å². The number of sulfonamides is 1. The van der Waals surface area contributed by atoms with Crippen molar-refractivity contribution < 1.29 is 12.8 Å². The van der Waals surface area contributed by atoms with Crippen LogP contribution in [0.1, 0.15) is 30.6 Å². The SMILES string of the molecule is CCC1(c2ccco2)C=CC(S(N)(=O)=O)=CC1c1ccc(Cl)cc1. The van der Waals surface area contributed by atoms with E-state index >= 15 is 0 Å². The third kappa shape index (κ3) is 2.95. The molecule has 3 rings (SSSR count). The third-order valence-electron chi connectivity index (χ3n) is 4.55. The number of primary sulfonamides is 1. The molecule has 0 spiro atoms. The number of hydrogen-bond acceptors (Lipinski definition) is 3. The van der Waals surface area contributed by atoms with Gasteiger partial charge in [-0.25, -0.2) is 13.6 Å². The van der Waals surface area contributed by atoms with Crippen molar-refractivity contribution in [1.29, 1.82) is 0 Å². The van der Waals surface area contributed by atoms with Gasteiger partial charge in [0.15, 0.2) is 0 Å². The number of benzene rings is 1. The third-order valence-corrected chi connectivity index (χ3v) is 5.73. The lowest BCUT2D eigenvalue weighted by molar-refractivity contribution is 0.355. The van der Waals surface area contributed by atoms with Crippen molar-refractivity contribution in [1.82, 2.24) is 0 Å². The fourth-order valence-electron chi connectivity index (χ4n) is 3.25. The normalized spacial score (nSPS) is 24.0. The van der Waals surface area contributed by atoms with E-state index in [0.717, 1.165) is 17.7 Å². The molecule has 4 nitrogen and oxygen atoms in total. The molecule has 2 aromatic rings. The number of nitrogens with two attached hydrogens (primary N) is 1. The Hall–Kier alpha value is -1.82. The monoisotopic (exact) mass is 363 g/mol. The number of hydrogen-bond donors (Lipinski definition) is 1. The first kappa shape index (κ1) is 17.0. The Morgan fingerprint density at radius 1 is 1.25 bits per heavy atom. The molecular weight excluding hydrogens is 346 g/mol. The highest BCUT2D eigenvalue weighted by Gasteiger charge is 2.41. The van der Waals surface area contributed by atoms with Gasteiger partial charge in [0.25, 0.3) is 0 Å². The molecule has 2 atom stereocenters. The maximum Gasteiger partial charge on any atom is 0.237 e.